The molecule has 2 aliphatic rings. The Morgan fingerprint density at radius 2 is 1.27 bits per heavy atom. The second kappa shape index (κ2) is 29.6. The molecule has 2 saturated heterocycles. The van der Waals surface area contributed by atoms with E-state index in [0.29, 0.717) is 0 Å². The first-order valence-corrected chi connectivity index (χ1v) is 22.3. The number of aliphatic hydroxyl groups is 6. The fraction of sp³-hybridized carbons (Fsp3) is 0.750. The Morgan fingerprint density at radius 3 is 1.82 bits per heavy atom. The normalized spacial score (nSPS) is 26.6. The van der Waals surface area contributed by atoms with Crippen LogP contribution in [0.15, 0.2) is 0 Å². The highest BCUT2D eigenvalue weighted by Crippen LogP contribution is 2.31. The van der Waals surface area contributed by atoms with Crippen LogP contribution in [-0.2, 0) is 66.9 Å². The SMILES string of the molecule is CC(=O)NC1C(OC2C(CO)OC(O)C(NC(C)=O)C2OC(C)C(=O)NC(C)C(=O)NC(CCC(=O)NC(CCCCNC(=O)CC(N)C(N)=O)C(=O)NC(CO)C(=O)O)C(N)=O)OC(CO)C(O)C1O. The van der Waals surface area contributed by atoms with Crippen molar-refractivity contribution in [1.29, 1.82) is 0 Å². The van der Waals surface area contributed by atoms with E-state index < -0.39 is 189 Å². The molecule has 9 amide bonds. The van der Waals surface area contributed by atoms with Crippen molar-refractivity contribution in [1.82, 2.24) is 37.2 Å². The zero-order valence-electron chi connectivity index (χ0n) is 39.4. The number of carboxylic acid groups (broad SMARTS) is 1. The van der Waals surface area contributed by atoms with Gasteiger partial charge in [-0.25, -0.2) is 4.79 Å². The lowest BCUT2D eigenvalue weighted by atomic mass is 9.94. The lowest BCUT2D eigenvalue weighted by molar-refractivity contribution is -0.333. The third kappa shape index (κ3) is 19.4. The van der Waals surface area contributed by atoms with Crippen LogP contribution in [0.2, 0.25) is 0 Å². The molecule has 71 heavy (non-hydrogen) atoms. The number of hydrogen-bond acceptors (Lipinski definition) is 21. The number of unbranched alkanes of at least 4 members (excludes halogenated alkanes) is 1. The number of carbonyl (C=O) groups excluding carboxylic acids is 9. The second-order valence-corrected chi connectivity index (χ2v) is 16.7. The van der Waals surface area contributed by atoms with Crippen molar-refractivity contribution in [2.75, 3.05) is 26.4 Å². The lowest BCUT2D eigenvalue weighted by Gasteiger charge is -2.48. The highest BCUT2D eigenvalue weighted by atomic mass is 16.7. The van der Waals surface area contributed by atoms with E-state index in [1.165, 1.54) is 13.8 Å². The number of rotatable bonds is 29. The number of nitrogens with one attached hydrogen (secondary N) is 7. The van der Waals surface area contributed by atoms with Crippen molar-refractivity contribution in [2.24, 2.45) is 17.2 Å². The molecular weight excluding hydrogens is 956 g/mol. The van der Waals surface area contributed by atoms with E-state index in [2.05, 4.69) is 37.2 Å². The summed E-state index contributed by atoms with van der Waals surface area (Å²) in [6.45, 7) is 1.86. The summed E-state index contributed by atoms with van der Waals surface area (Å²) in [5.74, 6) is -9.50. The van der Waals surface area contributed by atoms with Crippen molar-refractivity contribution >= 4 is 59.1 Å². The number of nitrogens with two attached hydrogens (primary N) is 3. The maximum Gasteiger partial charge on any atom is 0.328 e. The first-order valence-electron chi connectivity index (χ1n) is 22.3. The maximum absolute atomic E-state index is 13.5. The summed E-state index contributed by atoms with van der Waals surface area (Å²) in [6, 6.07) is -10.4. The quantitative estimate of drug-likeness (QED) is 0.0309. The molecule has 0 aliphatic carbocycles. The number of aliphatic hydroxyl groups excluding tert-OH is 6. The Bertz CT molecular complexity index is 1870. The molecule has 0 aromatic heterocycles. The van der Waals surface area contributed by atoms with Crippen LogP contribution in [0.3, 0.4) is 0 Å². The Labute approximate surface area is 405 Å². The topological polar surface area (TPSA) is 512 Å². The summed E-state index contributed by atoms with van der Waals surface area (Å²) in [4.78, 5) is 124. The maximum atomic E-state index is 13.5. The van der Waals surface area contributed by atoms with Gasteiger partial charge in [-0.3, -0.25) is 43.2 Å². The van der Waals surface area contributed by atoms with Gasteiger partial charge in [0.1, 0.15) is 79.0 Å². The van der Waals surface area contributed by atoms with Gasteiger partial charge in [-0.15, -0.1) is 0 Å². The highest BCUT2D eigenvalue weighted by Gasteiger charge is 2.53. The second-order valence-electron chi connectivity index (χ2n) is 16.7. The zero-order valence-corrected chi connectivity index (χ0v) is 39.4. The van der Waals surface area contributed by atoms with Crippen LogP contribution in [0, 0.1) is 0 Å². The molecule has 31 heteroatoms. The van der Waals surface area contributed by atoms with Gasteiger partial charge in [-0.1, -0.05) is 0 Å². The molecule has 2 heterocycles. The lowest BCUT2D eigenvalue weighted by Crippen LogP contribution is -2.70. The smallest absolute Gasteiger partial charge is 0.328 e. The predicted octanol–water partition coefficient (Wildman–Crippen LogP) is -9.91. The van der Waals surface area contributed by atoms with E-state index in [-0.39, 0.29) is 32.2 Å². The van der Waals surface area contributed by atoms with Crippen molar-refractivity contribution in [3.05, 3.63) is 0 Å². The molecule has 0 radical (unpaired) electrons. The molecule has 2 rings (SSSR count). The standard InChI is InChI=1S/C40H68N10O21/c1-15(35(62)49-20(34(43)61)8-9-25(56)48-21(37(64)50-22(12-51)38(65)66)7-5-6-10-44-26(57)11-19(41)33(42)60)45-36(63)16(2)68-32-28(47-18(4)55)39(67)69-24(14-53)31(32)71-40-27(46-17(3)54)30(59)29(58)23(13-52)70-40/h15-16,19-24,27-32,39-40,51-53,58-59,67H,5-14,41H2,1-4H3,(H2,42,60)(H2,43,61)(H,44,57)(H,45,63)(H,46,54)(H,47,55)(H,48,56)(H,49,62)(H,50,64)(H,65,66). The summed E-state index contributed by atoms with van der Waals surface area (Å²) >= 11 is 0. The largest absolute Gasteiger partial charge is 0.480 e. The van der Waals surface area contributed by atoms with Crippen LogP contribution >= 0.6 is 0 Å². The molecule has 31 nitrogen and oxygen atoms in total. The van der Waals surface area contributed by atoms with Crippen molar-refractivity contribution in [2.45, 2.75) is 164 Å². The number of hydrogen-bond donors (Lipinski definition) is 17. The fourth-order valence-electron chi connectivity index (χ4n) is 7.14. The number of amides is 9. The summed E-state index contributed by atoms with van der Waals surface area (Å²) in [7, 11) is 0. The minimum absolute atomic E-state index is 0.0522. The third-order valence-corrected chi connectivity index (χ3v) is 11.0. The molecule has 0 saturated carbocycles. The van der Waals surface area contributed by atoms with E-state index in [0.717, 1.165) is 13.8 Å². The van der Waals surface area contributed by atoms with E-state index in [1.807, 2.05) is 0 Å². The average Bonchev–Trinajstić information content (AvgIpc) is 3.29. The van der Waals surface area contributed by atoms with Gasteiger partial charge in [0, 0.05) is 26.8 Å². The Kier molecular flexibility index (Phi) is 25.6. The van der Waals surface area contributed by atoms with Crippen LogP contribution in [0.4, 0.5) is 0 Å². The Morgan fingerprint density at radius 1 is 0.662 bits per heavy atom. The summed E-state index contributed by atoms with van der Waals surface area (Å²) < 4.78 is 23.2. The van der Waals surface area contributed by atoms with Gasteiger partial charge in [0.25, 0.3) is 0 Å². The molecule has 0 aromatic rings. The van der Waals surface area contributed by atoms with Crippen LogP contribution in [0.25, 0.3) is 0 Å². The number of aliphatic carboxylic acids is 1. The Balaban J connectivity index is 2.18. The predicted molar refractivity (Wildman–Crippen MR) is 235 cm³/mol. The average molecular weight is 1030 g/mol. The van der Waals surface area contributed by atoms with Gasteiger partial charge in [0.2, 0.25) is 53.2 Å². The molecule has 16 atom stereocenters. The number of primary amides is 2. The van der Waals surface area contributed by atoms with Crippen LogP contribution in [0.5, 0.6) is 0 Å². The molecule has 0 aromatic carbocycles. The molecule has 2 aliphatic heterocycles. The van der Waals surface area contributed by atoms with Crippen molar-refractivity contribution in [3.8, 4) is 0 Å². The molecule has 0 bridgehead atoms. The molecular formula is C40H68N10O21. The van der Waals surface area contributed by atoms with E-state index in [4.69, 9.17) is 36.1 Å². The van der Waals surface area contributed by atoms with Crippen LogP contribution < -0.4 is 54.4 Å². The van der Waals surface area contributed by atoms with Crippen molar-refractivity contribution in [3.63, 3.8) is 0 Å². The fourth-order valence-corrected chi connectivity index (χ4v) is 7.14. The van der Waals surface area contributed by atoms with Crippen LogP contribution in [-0.4, -0.2) is 219 Å². The summed E-state index contributed by atoms with van der Waals surface area (Å²) in [5.41, 5.74) is 16.0. The zero-order chi connectivity index (χ0) is 53.9. The van der Waals surface area contributed by atoms with E-state index >= 15 is 0 Å². The van der Waals surface area contributed by atoms with Gasteiger partial charge in [-0.2, -0.15) is 0 Å². The van der Waals surface area contributed by atoms with Gasteiger partial charge in [0.15, 0.2) is 12.6 Å². The van der Waals surface area contributed by atoms with Crippen molar-refractivity contribution < 1.29 is 103 Å². The van der Waals surface area contributed by atoms with Crippen LogP contribution in [0.1, 0.15) is 66.2 Å². The molecule has 2 fully saturated rings. The Hall–Kier alpha value is -5.74. The third-order valence-electron chi connectivity index (χ3n) is 11.0. The molecule has 20 N–H and O–H groups in total. The number of ether oxygens (including phenoxy) is 4. The summed E-state index contributed by atoms with van der Waals surface area (Å²) in [6.07, 6.45) is -16.1. The van der Waals surface area contributed by atoms with E-state index in [1.54, 1.807) is 0 Å². The van der Waals surface area contributed by atoms with Gasteiger partial charge < -0.3 is 109 Å². The number of carboxylic acids is 1. The molecule has 16 unspecified atom stereocenters. The van der Waals surface area contributed by atoms with Gasteiger partial charge in [0.05, 0.1) is 32.3 Å². The first-order chi connectivity index (χ1) is 33.3. The summed E-state index contributed by atoms with van der Waals surface area (Å²) in [5, 5.41) is 87.3. The number of carbonyl (C=O) groups is 10. The minimum Gasteiger partial charge on any atom is -0.480 e. The minimum atomic E-state index is -1.91. The van der Waals surface area contributed by atoms with Gasteiger partial charge in [-0.05, 0) is 39.5 Å². The first kappa shape index (κ1) is 61.4. The van der Waals surface area contributed by atoms with E-state index in [9.17, 15) is 83.7 Å². The highest BCUT2D eigenvalue weighted by molar-refractivity contribution is 5.93. The van der Waals surface area contributed by atoms with Gasteiger partial charge >= 0.3 is 5.97 Å². The monoisotopic (exact) mass is 1020 g/mol. The molecule has 0 spiro atoms. The molecule has 404 valence electrons.